The summed E-state index contributed by atoms with van der Waals surface area (Å²) in [5, 5.41) is 11.6. The number of carbonyl (C=O) groups is 1. The predicted octanol–water partition coefficient (Wildman–Crippen LogP) is -0.458. The molecule has 2 fully saturated rings. The highest BCUT2D eigenvalue weighted by Gasteiger charge is 2.50. The fourth-order valence-electron chi connectivity index (χ4n) is 2.21. The third-order valence-electron chi connectivity index (χ3n) is 2.90. The van der Waals surface area contributed by atoms with Crippen LogP contribution in [0.4, 0.5) is 9.93 Å². The summed E-state index contributed by atoms with van der Waals surface area (Å²) in [6, 6.07) is -0.956. The Hall–Kier alpha value is -1.22. The molecule has 0 radical (unpaired) electrons. The average molecular weight is 274 g/mol. The van der Waals surface area contributed by atoms with E-state index in [1.165, 1.54) is 16.2 Å². The first kappa shape index (κ1) is 10.9. The normalized spacial score (nSPS) is 30.4. The molecule has 3 rings (SSSR count). The van der Waals surface area contributed by atoms with Crippen LogP contribution in [0.25, 0.3) is 0 Å². The summed E-state index contributed by atoms with van der Waals surface area (Å²) in [4.78, 5) is 13.2. The van der Waals surface area contributed by atoms with Crippen LogP contribution in [0.2, 0.25) is 0 Å². The van der Waals surface area contributed by atoms with Gasteiger partial charge in [-0.05, 0) is 6.92 Å². The predicted molar refractivity (Wildman–Crippen MR) is 61.9 cm³/mol. The van der Waals surface area contributed by atoms with Crippen molar-refractivity contribution in [2.24, 2.45) is 0 Å². The van der Waals surface area contributed by atoms with Crippen molar-refractivity contribution < 1.29 is 13.2 Å². The maximum Gasteiger partial charge on any atom is 0.324 e. The van der Waals surface area contributed by atoms with Gasteiger partial charge in [0.15, 0.2) is 9.84 Å². The molecule has 3 heterocycles. The third kappa shape index (κ3) is 1.69. The Bertz CT molecular complexity index is 581. The number of amides is 2. The van der Waals surface area contributed by atoms with Gasteiger partial charge >= 0.3 is 6.03 Å². The molecule has 2 atom stereocenters. The van der Waals surface area contributed by atoms with E-state index >= 15 is 0 Å². The van der Waals surface area contributed by atoms with E-state index in [-0.39, 0.29) is 29.6 Å². The van der Waals surface area contributed by atoms with E-state index in [4.69, 9.17) is 0 Å². The lowest BCUT2D eigenvalue weighted by molar-refractivity contribution is 0.251. The van der Waals surface area contributed by atoms with Gasteiger partial charge in [0.2, 0.25) is 5.13 Å². The highest BCUT2D eigenvalue weighted by molar-refractivity contribution is 7.91. The van der Waals surface area contributed by atoms with Gasteiger partial charge in [0.1, 0.15) is 5.01 Å². The molecular formula is C8H10N4O3S2. The molecular weight excluding hydrogens is 264 g/mol. The lowest BCUT2D eigenvalue weighted by Crippen LogP contribution is -2.36. The molecule has 2 aliphatic heterocycles. The number of aryl methyl sites for hydroxylation is 1. The number of fused-ring (bicyclic) bond motifs is 1. The zero-order chi connectivity index (χ0) is 12.2. The Morgan fingerprint density at radius 1 is 1.41 bits per heavy atom. The lowest BCUT2D eigenvalue weighted by Gasteiger charge is -2.16. The summed E-state index contributed by atoms with van der Waals surface area (Å²) >= 11 is 1.29. The van der Waals surface area contributed by atoms with E-state index in [1.807, 2.05) is 0 Å². The van der Waals surface area contributed by atoms with Crippen molar-refractivity contribution >= 4 is 32.3 Å². The van der Waals surface area contributed by atoms with E-state index < -0.39 is 9.84 Å². The number of aromatic nitrogens is 2. The minimum atomic E-state index is -3.06. The van der Waals surface area contributed by atoms with Crippen LogP contribution in [0.15, 0.2) is 0 Å². The molecule has 0 aromatic carbocycles. The smallest absolute Gasteiger partial charge is 0.324 e. The minimum absolute atomic E-state index is 0.00493. The molecule has 7 nitrogen and oxygen atoms in total. The molecule has 0 unspecified atom stereocenters. The van der Waals surface area contributed by atoms with Crippen LogP contribution in [-0.2, 0) is 9.84 Å². The van der Waals surface area contributed by atoms with Crippen LogP contribution >= 0.6 is 11.3 Å². The Labute approximate surface area is 102 Å². The van der Waals surface area contributed by atoms with Crippen molar-refractivity contribution in [3.63, 3.8) is 0 Å². The fourth-order valence-corrected chi connectivity index (χ4v) is 4.85. The topological polar surface area (TPSA) is 92.3 Å². The van der Waals surface area contributed by atoms with Crippen LogP contribution in [0.1, 0.15) is 5.01 Å². The van der Waals surface area contributed by atoms with Gasteiger partial charge in [-0.3, -0.25) is 4.90 Å². The second kappa shape index (κ2) is 3.39. The number of sulfone groups is 1. The van der Waals surface area contributed by atoms with Gasteiger partial charge in [0, 0.05) is 0 Å². The molecule has 2 aliphatic rings. The second-order valence-corrected chi connectivity index (χ2v) is 7.49. The SMILES string of the molecule is Cc1nnc(N2C(=O)N[C@@H]3CS(=O)(=O)C[C@@H]32)s1. The largest absolute Gasteiger partial charge is 0.332 e. The van der Waals surface area contributed by atoms with E-state index in [9.17, 15) is 13.2 Å². The molecule has 0 bridgehead atoms. The first-order valence-corrected chi connectivity index (χ1v) is 7.70. The molecule has 1 aromatic heterocycles. The molecule has 1 N–H and O–H groups in total. The number of anilines is 1. The zero-order valence-corrected chi connectivity index (χ0v) is 10.6. The van der Waals surface area contributed by atoms with Gasteiger partial charge in [-0.15, -0.1) is 10.2 Å². The molecule has 9 heteroatoms. The van der Waals surface area contributed by atoms with Crippen LogP contribution in [0.5, 0.6) is 0 Å². The quantitative estimate of drug-likeness (QED) is 0.700. The number of hydrogen-bond donors (Lipinski definition) is 1. The van der Waals surface area contributed by atoms with Gasteiger partial charge in [-0.2, -0.15) is 0 Å². The second-order valence-electron chi connectivity index (χ2n) is 4.17. The first-order valence-electron chi connectivity index (χ1n) is 5.06. The summed E-state index contributed by atoms with van der Waals surface area (Å²) in [5.41, 5.74) is 0. The van der Waals surface area contributed by atoms with Crippen molar-refractivity contribution in [1.29, 1.82) is 0 Å². The first-order chi connectivity index (χ1) is 7.96. The van der Waals surface area contributed by atoms with Crippen molar-refractivity contribution in [3.05, 3.63) is 5.01 Å². The number of hydrogen-bond acceptors (Lipinski definition) is 6. The van der Waals surface area contributed by atoms with Gasteiger partial charge in [-0.1, -0.05) is 11.3 Å². The van der Waals surface area contributed by atoms with E-state index in [1.54, 1.807) is 6.92 Å². The fraction of sp³-hybridized carbons (Fsp3) is 0.625. The van der Waals surface area contributed by atoms with Crippen molar-refractivity contribution in [2.45, 2.75) is 19.0 Å². The van der Waals surface area contributed by atoms with Crippen LogP contribution in [0.3, 0.4) is 0 Å². The van der Waals surface area contributed by atoms with Crippen LogP contribution < -0.4 is 10.2 Å². The molecule has 1 aromatic rings. The number of nitrogens with zero attached hydrogens (tertiary/aromatic N) is 3. The average Bonchev–Trinajstić information content (AvgIpc) is 2.78. The van der Waals surface area contributed by atoms with Crippen LogP contribution in [-0.4, -0.2) is 48.2 Å². The van der Waals surface area contributed by atoms with E-state index in [2.05, 4.69) is 15.5 Å². The van der Waals surface area contributed by atoms with Gasteiger partial charge in [-0.25, -0.2) is 13.2 Å². The molecule has 92 valence electrons. The molecule has 2 saturated heterocycles. The number of nitrogens with one attached hydrogen (secondary N) is 1. The maximum absolute atomic E-state index is 11.8. The Kier molecular flexibility index (Phi) is 2.17. The van der Waals surface area contributed by atoms with Gasteiger partial charge in [0.05, 0.1) is 23.6 Å². The van der Waals surface area contributed by atoms with E-state index in [0.717, 1.165) is 5.01 Å². The molecule has 2 amide bonds. The van der Waals surface area contributed by atoms with Crippen molar-refractivity contribution in [1.82, 2.24) is 15.5 Å². The molecule has 0 spiro atoms. The Balaban J connectivity index is 1.97. The molecule has 17 heavy (non-hydrogen) atoms. The number of urea groups is 1. The highest BCUT2D eigenvalue weighted by atomic mass is 32.2. The summed E-state index contributed by atoms with van der Waals surface area (Å²) in [5.74, 6) is 0.00667. The minimum Gasteiger partial charge on any atom is -0.332 e. The molecule has 0 saturated carbocycles. The Morgan fingerprint density at radius 3 is 2.82 bits per heavy atom. The monoisotopic (exact) mass is 274 g/mol. The summed E-state index contributed by atoms with van der Waals surface area (Å²) in [7, 11) is -3.06. The van der Waals surface area contributed by atoms with Crippen molar-refractivity contribution in [3.8, 4) is 0 Å². The van der Waals surface area contributed by atoms with E-state index in [0.29, 0.717) is 5.13 Å². The standard InChI is InChI=1S/C8H10N4O3S2/c1-4-10-11-8(16-4)12-6-3-17(14,15)2-5(6)9-7(12)13/h5-6H,2-3H2,1H3,(H,9,13)/t5-,6+/m1/s1. The van der Waals surface area contributed by atoms with Gasteiger partial charge in [0.25, 0.3) is 0 Å². The summed E-state index contributed by atoms with van der Waals surface area (Å²) < 4.78 is 23.0. The highest BCUT2D eigenvalue weighted by Crippen LogP contribution is 2.30. The summed E-state index contributed by atoms with van der Waals surface area (Å²) in [6.07, 6.45) is 0. The van der Waals surface area contributed by atoms with Crippen molar-refractivity contribution in [2.75, 3.05) is 16.4 Å². The Morgan fingerprint density at radius 2 is 2.18 bits per heavy atom. The number of rotatable bonds is 1. The zero-order valence-electron chi connectivity index (χ0n) is 8.95. The lowest BCUT2D eigenvalue weighted by atomic mass is 10.2. The summed E-state index contributed by atoms with van der Waals surface area (Å²) in [6.45, 7) is 1.79. The third-order valence-corrected chi connectivity index (χ3v) is 5.46. The molecule has 0 aliphatic carbocycles. The number of carbonyl (C=O) groups excluding carboxylic acids is 1. The maximum atomic E-state index is 11.8. The van der Waals surface area contributed by atoms with Crippen LogP contribution in [0, 0.1) is 6.92 Å². The van der Waals surface area contributed by atoms with Gasteiger partial charge < -0.3 is 5.32 Å².